The molecule has 0 saturated carbocycles. The lowest BCUT2D eigenvalue weighted by Gasteiger charge is -1.96. The maximum absolute atomic E-state index is 9.31. The number of phenols is 1. The second-order valence-electron chi connectivity index (χ2n) is 2.35. The summed E-state index contributed by atoms with van der Waals surface area (Å²) in [5.74, 6) is 0.239. The number of fused-ring (bicyclic) bond motifs is 1. The van der Waals surface area contributed by atoms with Crippen molar-refractivity contribution in [2.45, 2.75) is 0 Å². The zero-order chi connectivity index (χ0) is 7.68. The first-order valence-corrected chi connectivity index (χ1v) is 3.40. The zero-order valence-electron chi connectivity index (χ0n) is 5.86. The van der Waals surface area contributed by atoms with Gasteiger partial charge in [-0.25, -0.2) is 0 Å². The smallest absolute Gasteiger partial charge is 0.187 e. The topological polar surface area (TPSA) is 33.1 Å². The van der Waals surface area contributed by atoms with E-state index in [9.17, 15) is 5.11 Å². The third kappa shape index (κ3) is 2.47. The Kier molecular flexibility index (Phi) is 5.07. The first kappa shape index (κ1) is 12.5. The number of phenolic OH excluding ortho intramolecular Hbond substituents is 1. The molecular formula is C9H13Al2NO. The van der Waals surface area contributed by atoms with Gasteiger partial charge in [0.05, 0.1) is 0 Å². The molecule has 0 bridgehead atoms. The number of hydrogen-bond acceptors (Lipinski definition) is 2. The van der Waals surface area contributed by atoms with Gasteiger partial charge in [0.1, 0.15) is 11.3 Å². The summed E-state index contributed by atoms with van der Waals surface area (Å²) in [6.07, 6.45) is 1.67. The summed E-state index contributed by atoms with van der Waals surface area (Å²) < 4.78 is 0. The minimum atomic E-state index is 0. The maximum Gasteiger partial charge on any atom is 0.187 e. The average molecular weight is 205 g/mol. The van der Waals surface area contributed by atoms with Crippen LogP contribution in [0.5, 0.6) is 5.75 Å². The van der Waals surface area contributed by atoms with Crippen LogP contribution in [0.4, 0.5) is 0 Å². The summed E-state index contributed by atoms with van der Waals surface area (Å²) in [5, 5.41) is 10.3. The molecule has 2 nitrogen and oxygen atoms in total. The third-order valence-electron chi connectivity index (χ3n) is 1.61. The summed E-state index contributed by atoms with van der Waals surface area (Å²) in [6, 6.07) is 9.13. The van der Waals surface area contributed by atoms with E-state index in [4.69, 9.17) is 0 Å². The van der Waals surface area contributed by atoms with Crippen LogP contribution in [-0.4, -0.2) is 44.8 Å². The number of benzene rings is 1. The fourth-order valence-corrected chi connectivity index (χ4v) is 1.09. The lowest BCUT2D eigenvalue weighted by Crippen LogP contribution is -1.76. The van der Waals surface area contributed by atoms with Crippen molar-refractivity contribution in [1.82, 2.24) is 4.98 Å². The van der Waals surface area contributed by atoms with Gasteiger partial charge in [0.15, 0.2) is 34.7 Å². The molecule has 0 fully saturated rings. The molecule has 0 amide bonds. The first-order valence-electron chi connectivity index (χ1n) is 3.40. The molecule has 1 heterocycles. The van der Waals surface area contributed by atoms with E-state index >= 15 is 0 Å². The van der Waals surface area contributed by atoms with Crippen LogP contribution in [0.15, 0.2) is 36.5 Å². The molecule has 4 heteroatoms. The van der Waals surface area contributed by atoms with Crippen molar-refractivity contribution in [3.05, 3.63) is 36.5 Å². The monoisotopic (exact) mass is 205 g/mol. The highest BCUT2D eigenvalue weighted by molar-refractivity contribution is 5.83. The van der Waals surface area contributed by atoms with Gasteiger partial charge >= 0.3 is 0 Å². The molecule has 0 aliphatic carbocycles. The van der Waals surface area contributed by atoms with Gasteiger partial charge in [-0.3, -0.25) is 4.98 Å². The molecule has 0 atom stereocenters. The standard InChI is InChI=1S/C9H7NO.2Al.6H/c11-8-5-1-3-7-4-2-6-10-9(7)8;;;;;;;;/h1-6,11H;;;;;;;;. The van der Waals surface area contributed by atoms with Gasteiger partial charge in [0.25, 0.3) is 0 Å². The Morgan fingerprint density at radius 2 is 1.69 bits per heavy atom. The van der Waals surface area contributed by atoms with Gasteiger partial charge in [0, 0.05) is 11.6 Å². The van der Waals surface area contributed by atoms with E-state index in [1.807, 2.05) is 18.2 Å². The van der Waals surface area contributed by atoms with Gasteiger partial charge in [0.2, 0.25) is 0 Å². The molecule has 0 spiro atoms. The minimum absolute atomic E-state index is 0. The molecule has 1 N–H and O–H groups in total. The number of hydrogen-bond donors (Lipinski definition) is 1. The highest BCUT2D eigenvalue weighted by Crippen LogP contribution is 2.20. The Morgan fingerprint density at radius 1 is 1.00 bits per heavy atom. The van der Waals surface area contributed by atoms with E-state index in [0.29, 0.717) is 5.52 Å². The van der Waals surface area contributed by atoms with Crippen LogP contribution in [0.2, 0.25) is 0 Å². The number of pyridine rings is 1. The predicted octanol–water partition coefficient (Wildman–Crippen LogP) is -0.427. The highest BCUT2D eigenvalue weighted by Gasteiger charge is 1.96. The molecule has 0 saturated heterocycles. The lowest BCUT2D eigenvalue weighted by molar-refractivity contribution is 0.480. The van der Waals surface area contributed by atoms with E-state index in [-0.39, 0.29) is 40.5 Å². The Labute approximate surface area is 97.9 Å². The van der Waals surface area contributed by atoms with E-state index in [0.717, 1.165) is 5.39 Å². The van der Waals surface area contributed by atoms with Crippen LogP contribution >= 0.6 is 0 Å². The fraction of sp³-hybridized carbons (Fsp3) is 0. The van der Waals surface area contributed by atoms with Crippen molar-refractivity contribution in [3.8, 4) is 5.75 Å². The van der Waals surface area contributed by atoms with Gasteiger partial charge in [-0.15, -0.1) is 0 Å². The number of aromatic hydroxyl groups is 1. The molecule has 2 rings (SSSR count). The molecule has 0 aliphatic rings. The van der Waals surface area contributed by atoms with Crippen molar-refractivity contribution in [2.24, 2.45) is 0 Å². The van der Waals surface area contributed by atoms with Crippen LogP contribution in [0.3, 0.4) is 0 Å². The number of rotatable bonds is 0. The second-order valence-corrected chi connectivity index (χ2v) is 2.35. The van der Waals surface area contributed by atoms with Crippen LogP contribution in [-0.2, 0) is 0 Å². The Hall–Kier alpha value is -0.505. The maximum atomic E-state index is 9.31. The van der Waals surface area contributed by atoms with Crippen LogP contribution in [0.1, 0.15) is 0 Å². The molecule has 1 aromatic carbocycles. The summed E-state index contributed by atoms with van der Waals surface area (Å²) in [6.45, 7) is 0. The van der Waals surface area contributed by atoms with Crippen LogP contribution in [0.25, 0.3) is 10.9 Å². The molecule has 0 unspecified atom stereocenters. The summed E-state index contributed by atoms with van der Waals surface area (Å²) in [7, 11) is 0. The lowest BCUT2D eigenvalue weighted by atomic mass is 10.2. The molecular weight excluding hydrogens is 192 g/mol. The molecule has 13 heavy (non-hydrogen) atoms. The van der Waals surface area contributed by atoms with Gasteiger partial charge in [-0.05, 0) is 12.1 Å². The molecule has 2 aromatic rings. The third-order valence-corrected chi connectivity index (χ3v) is 1.61. The van der Waals surface area contributed by atoms with E-state index < -0.39 is 0 Å². The summed E-state index contributed by atoms with van der Waals surface area (Å²) in [4.78, 5) is 4.03. The van der Waals surface area contributed by atoms with Gasteiger partial charge < -0.3 is 5.11 Å². The number of aromatic nitrogens is 1. The molecule has 1 aromatic heterocycles. The quantitative estimate of drug-likeness (QED) is 0.592. The van der Waals surface area contributed by atoms with Crippen molar-refractivity contribution in [3.63, 3.8) is 0 Å². The van der Waals surface area contributed by atoms with Crippen LogP contribution in [0, 0.1) is 0 Å². The number of nitrogens with zero attached hydrogens (tertiary/aromatic N) is 1. The van der Waals surface area contributed by atoms with Crippen molar-refractivity contribution < 1.29 is 5.11 Å². The normalized spacial score (nSPS) is 8.62. The largest absolute Gasteiger partial charge is 0.506 e. The van der Waals surface area contributed by atoms with E-state index in [2.05, 4.69) is 4.98 Å². The minimum Gasteiger partial charge on any atom is -0.506 e. The average Bonchev–Trinajstić information content (AvgIpc) is 2.06. The summed E-state index contributed by atoms with van der Waals surface area (Å²) >= 11 is 0. The van der Waals surface area contributed by atoms with Crippen molar-refractivity contribution in [1.29, 1.82) is 0 Å². The Bertz CT molecular complexity index is 387. The molecule has 0 radical (unpaired) electrons. The SMILES string of the molecule is Oc1cccc2cccnc12.[AlH3].[AlH3]. The molecule has 66 valence electrons. The van der Waals surface area contributed by atoms with Crippen molar-refractivity contribution >= 4 is 45.6 Å². The predicted molar refractivity (Wildman–Crippen MR) is 63.3 cm³/mol. The van der Waals surface area contributed by atoms with Crippen molar-refractivity contribution in [2.75, 3.05) is 0 Å². The van der Waals surface area contributed by atoms with E-state index in [1.165, 1.54) is 0 Å². The second kappa shape index (κ2) is 5.27. The van der Waals surface area contributed by atoms with Crippen LogP contribution < -0.4 is 0 Å². The number of para-hydroxylation sites is 1. The Balaban J connectivity index is 0.000000720. The van der Waals surface area contributed by atoms with Gasteiger partial charge in [-0.2, -0.15) is 0 Å². The Morgan fingerprint density at radius 3 is 2.38 bits per heavy atom. The zero-order valence-corrected chi connectivity index (χ0v) is 5.86. The first-order chi connectivity index (χ1) is 5.38. The summed E-state index contributed by atoms with van der Waals surface area (Å²) in [5.41, 5.74) is 0.662. The molecule has 0 aliphatic heterocycles. The highest BCUT2D eigenvalue weighted by atomic mass is 27.0. The fourth-order valence-electron chi connectivity index (χ4n) is 1.09. The van der Waals surface area contributed by atoms with E-state index in [1.54, 1.807) is 18.3 Å². The van der Waals surface area contributed by atoms with Gasteiger partial charge in [-0.1, -0.05) is 18.2 Å².